The van der Waals surface area contributed by atoms with E-state index in [2.05, 4.69) is 47.1 Å². The number of hydrogen-bond donors (Lipinski definition) is 2. The number of para-hydroxylation sites is 1. The highest BCUT2D eigenvalue weighted by molar-refractivity contribution is 5.97. The van der Waals surface area contributed by atoms with Gasteiger partial charge in [-0.3, -0.25) is 4.79 Å². The van der Waals surface area contributed by atoms with Crippen molar-refractivity contribution < 1.29 is 9.90 Å². The Morgan fingerprint density at radius 3 is 2.37 bits per heavy atom. The first-order chi connectivity index (χ1) is 12.9. The maximum atomic E-state index is 12.1. The third-order valence-corrected chi connectivity index (χ3v) is 4.45. The smallest absolute Gasteiger partial charge is 0.275 e. The number of hydrazone groups is 1. The number of aromatic nitrogens is 1. The predicted molar refractivity (Wildman–Crippen MR) is 108 cm³/mol. The van der Waals surface area contributed by atoms with Crippen LogP contribution in [0, 0.1) is 27.7 Å². The van der Waals surface area contributed by atoms with Gasteiger partial charge in [-0.15, -0.1) is 0 Å². The normalized spacial score (nSPS) is 11.1. The molecule has 27 heavy (non-hydrogen) atoms. The molecule has 5 nitrogen and oxygen atoms in total. The first-order valence-electron chi connectivity index (χ1n) is 8.76. The standard InChI is InChI=1S/C22H23N3O2/c1-14-9-15(2)11-19(10-14)25-16(3)12-18(17(25)4)13-23-24-22(27)20-7-5-6-8-21(20)26/h5-13,26H,1-4H3,(H,24,27)/b23-13-. The molecule has 0 unspecified atom stereocenters. The van der Waals surface area contributed by atoms with Gasteiger partial charge >= 0.3 is 0 Å². The van der Waals surface area contributed by atoms with Gasteiger partial charge in [-0.1, -0.05) is 18.2 Å². The molecule has 5 heteroatoms. The van der Waals surface area contributed by atoms with Crippen molar-refractivity contribution in [1.82, 2.24) is 9.99 Å². The number of phenols is 1. The van der Waals surface area contributed by atoms with Crippen molar-refractivity contribution >= 4 is 12.1 Å². The van der Waals surface area contributed by atoms with Crippen LogP contribution in [-0.4, -0.2) is 21.8 Å². The van der Waals surface area contributed by atoms with Crippen molar-refractivity contribution in [3.05, 3.63) is 82.2 Å². The van der Waals surface area contributed by atoms with Crippen LogP contribution in [0.2, 0.25) is 0 Å². The van der Waals surface area contributed by atoms with Gasteiger partial charge < -0.3 is 9.67 Å². The lowest BCUT2D eigenvalue weighted by molar-refractivity contribution is 0.0952. The highest BCUT2D eigenvalue weighted by atomic mass is 16.3. The van der Waals surface area contributed by atoms with Crippen molar-refractivity contribution in [2.24, 2.45) is 5.10 Å². The number of carbonyl (C=O) groups excluding carboxylic acids is 1. The van der Waals surface area contributed by atoms with Crippen molar-refractivity contribution in [3.63, 3.8) is 0 Å². The van der Waals surface area contributed by atoms with E-state index in [9.17, 15) is 9.90 Å². The van der Waals surface area contributed by atoms with E-state index < -0.39 is 5.91 Å². The summed E-state index contributed by atoms with van der Waals surface area (Å²) in [5.41, 5.74) is 9.24. The molecule has 0 radical (unpaired) electrons. The van der Waals surface area contributed by atoms with Gasteiger partial charge in [0.25, 0.3) is 5.91 Å². The Kier molecular flexibility index (Phi) is 5.12. The van der Waals surface area contributed by atoms with Crippen LogP contribution in [0.1, 0.15) is 38.4 Å². The summed E-state index contributed by atoms with van der Waals surface area (Å²) in [6.45, 7) is 8.24. The van der Waals surface area contributed by atoms with E-state index in [0.717, 1.165) is 22.6 Å². The van der Waals surface area contributed by atoms with E-state index >= 15 is 0 Å². The van der Waals surface area contributed by atoms with Gasteiger partial charge in [0.05, 0.1) is 11.8 Å². The predicted octanol–water partition coefficient (Wildman–Crippen LogP) is 4.18. The third-order valence-electron chi connectivity index (χ3n) is 4.45. The fourth-order valence-corrected chi connectivity index (χ4v) is 3.28. The lowest BCUT2D eigenvalue weighted by Gasteiger charge is -2.11. The van der Waals surface area contributed by atoms with Crippen LogP contribution in [0.4, 0.5) is 0 Å². The minimum atomic E-state index is -0.451. The number of aryl methyl sites for hydroxylation is 3. The summed E-state index contributed by atoms with van der Waals surface area (Å²) in [6, 6.07) is 14.8. The summed E-state index contributed by atoms with van der Waals surface area (Å²) in [6.07, 6.45) is 1.62. The number of benzene rings is 2. The van der Waals surface area contributed by atoms with Crippen LogP contribution in [0.5, 0.6) is 5.75 Å². The Labute approximate surface area is 159 Å². The molecule has 138 valence electrons. The van der Waals surface area contributed by atoms with Gasteiger partial charge in [0.1, 0.15) is 5.75 Å². The summed E-state index contributed by atoms with van der Waals surface area (Å²) in [4.78, 5) is 12.1. The molecule has 0 fully saturated rings. The van der Waals surface area contributed by atoms with Gasteiger partial charge in [0.15, 0.2) is 0 Å². The lowest BCUT2D eigenvalue weighted by Crippen LogP contribution is -2.17. The molecular formula is C22H23N3O2. The fraction of sp³-hybridized carbons (Fsp3) is 0.182. The Hall–Kier alpha value is -3.34. The molecular weight excluding hydrogens is 338 g/mol. The third kappa shape index (κ3) is 3.92. The molecule has 0 saturated heterocycles. The van der Waals surface area contributed by atoms with E-state index in [4.69, 9.17) is 0 Å². The molecule has 0 aliphatic rings. The van der Waals surface area contributed by atoms with E-state index in [1.807, 2.05) is 19.9 Å². The molecule has 0 spiro atoms. The number of phenolic OH excluding ortho intramolecular Hbond substituents is 1. The summed E-state index contributed by atoms with van der Waals surface area (Å²) < 4.78 is 2.17. The number of aromatic hydroxyl groups is 1. The molecule has 2 aromatic carbocycles. The van der Waals surface area contributed by atoms with E-state index in [-0.39, 0.29) is 11.3 Å². The van der Waals surface area contributed by atoms with Crippen LogP contribution in [0.25, 0.3) is 5.69 Å². The first-order valence-corrected chi connectivity index (χ1v) is 8.76. The number of carbonyl (C=O) groups is 1. The van der Waals surface area contributed by atoms with Gasteiger partial charge in [-0.25, -0.2) is 5.43 Å². The number of hydrogen-bond acceptors (Lipinski definition) is 3. The second kappa shape index (κ2) is 7.50. The van der Waals surface area contributed by atoms with E-state index in [1.165, 1.54) is 17.2 Å². The molecule has 0 aliphatic carbocycles. The maximum Gasteiger partial charge on any atom is 0.275 e. The van der Waals surface area contributed by atoms with E-state index in [1.54, 1.807) is 24.4 Å². The Bertz CT molecular complexity index is 1010. The van der Waals surface area contributed by atoms with Gasteiger partial charge in [0.2, 0.25) is 0 Å². The number of nitrogens with zero attached hydrogens (tertiary/aromatic N) is 2. The molecule has 1 amide bonds. The van der Waals surface area contributed by atoms with Gasteiger partial charge in [-0.05, 0) is 69.2 Å². The maximum absolute atomic E-state index is 12.1. The molecule has 3 aromatic rings. The minimum Gasteiger partial charge on any atom is -0.507 e. The first kappa shape index (κ1) is 18.5. The fourth-order valence-electron chi connectivity index (χ4n) is 3.28. The molecule has 0 bridgehead atoms. The Morgan fingerprint density at radius 2 is 1.70 bits per heavy atom. The second-order valence-corrected chi connectivity index (χ2v) is 6.72. The molecule has 2 N–H and O–H groups in total. The average Bonchev–Trinajstić information content (AvgIpc) is 2.88. The van der Waals surface area contributed by atoms with Crippen molar-refractivity contribution in [1.29, 1.82) is 0 Å². The highest BCUT2D eigenvalue weighted by Crippen LogP contribution is 2.22. The molecule has 0 aliphatic heterocycles. The zero-order valence-corrected chi connectivity index (χ0v) is 15.9. The summed E-state index contributed by atoms with van der Waals surface area (Å²) in [7, 11) is 0. The Balaban J connectivity index is 1.83. The van der Waals surface area contributed by atoms with Crippen molar-refractivity contribution in [2.75, 3.05) is 0 Å². The highest BCUT2D eigenvalue weighted by Gasteiger charge is 2.11. The lowest BCUT2D eigenvalue weighted by atomic mass is 10.1. The molecule has 3 rings (SSSR count). The van der Waals surface area contributed by atoms with Crippen LogP contribution in [0.15, 0.2) is 53.6 Å². The van der Waals surface area contributed by atoms with Gasteiger partial charge in [-0.2, -0.15) is 5.10 Å². The summed E-state index contributed by atoms with van der Waals surface area (Å²) in [5.74, 6) is -0.523. The number of nitrogens with one attached hydrogen (secondary N) is 1. The molecule has 1 heterocycles. The van der Waals surface area contributed by atoms with E-state index in [0.29, 0.717) is 0 Å². The van der Waals surface area contributed by atoms with Crippen LogP contribution < -0.4 is 5.43 Å². The van der Waals surface area contributed by atoms with Crippen LogP contribution in [-0.2, 0) is 0 Å². The number of amides is 1. The summed E-state index contributed by atoms with van der Waals surface area (Å²) >= 11 is 0. The largest absolute Gasteiger partial charge is 0.507 e. The van der Waals surface area contributed by atoms with Crippen LogP contribution >= 0.6 is 0 Å². The zero-order chi connectivity index (χ0) is 19.6. The van der Waals surface area contributed by atoms with Gasteiger partial charge in [0, 0.05) is 22.6 Å². The molecule has 0 saturated carbocycles. The quantitative estimate of drug-likeness (QED) is 0.541. The average molecular weight is 361 g/mol. The van der Waals surface area contributed by atoms with Crippen molar-refractivity contribution in [3.8, 4) is 11.4 Å². The molecule has 0 atom stereocenters. The number of rotatable bonds is 4. The second-order valence-electron chi connectivity index (χ2n) is 6.72. The zero-order valence-electron chi connectivity index (χ0n) is 15.9. The Morgan fingerprint density at radius 1 is 1.04 bits per heavy atom. The minimum absolute atomic E-state index is 0.0711. The van der Waals surface area contributed by atoms with Crippen molar-refractivity contribution in [2.45, 2.75) is 27.7 Å². The van der Waals surface area contributed by atoms with Crippen LogP contribution in [0.3, 0.4) is 0 Å². The summed E-state index contributed by atoms with van der Waals surface area (Å²) in [5, 5.41) is 13.8. The monoisotopic (exact) mass is 361 g/mol. The molecule has 1 aromatic heterocycles. The SMILES string of the molecule is Cc1cc(C)cc(-n2c(C)cc(/C=N\NC(=O)c3ccccc3O)c2C)c1. The topological polar surface area (TPSA) is 66.6 Å².